The van der Waals surface area contributed by atoms with Crippen LogP contribution in [0.3, 0.4) is 0 Å². The molecule has 0 aliphatic carbocycles. The third kappa shape index (κ3) is 3.79. The molecule has 6 heteroatoms. The Labute approximate surface area is 126 Å². The van der Waals surface area contributed by atoms with Crippen molar-refractivity contribution in [2.45, 2.75) is 6.92 Å². The van der Waals surface area contributed by atoms with Gasteiger partial charge in [0.2, 0.25) is 0 Å². The van der Waals surface area contributed by atoms with E-state index in [-0.39, 0.29) is 11.0 Å². The molecule has 1 aromatic heterocycles. The van der Waals surface area contributed by atoms with Gasteiger partial charge in [0, 0.05) is 0 Å². The van der Waals surface area contributed by atoms with Gasteiger partial charge in [0.1, 0.15) is 5.75 Å². The number of nitrogens with one attached hydrogen (secondary N) is 2. The summed E-state index contributed by atoms with van der Waals surface area (Å²) in [5, 5.41) is 7.69. The summed E-state index contributed by atoms with van der Waals surface area (Å²) in [6.45, 7) is 2.47. The van der Waals surface area contributed by atoms with E-state index in [1.165, 1.54) is 11.3 Å². The van der Waals surface area contributed by atoms with E-state index in [1.54, 1.807) is 6.07 Å². The van der Waals surface area contributed by atoms with Crippen LogP contribution in [0.15, 0.2) is 41.8 Å². The van der Waals surface area contributed by atoms with Gasteiger partial charge in [-0.2, -0.15) is 0 Å². The summed E-state index contributed by atoms with van der Waals surface area (Å²) in [4.78, 5) is 12.5. The maximum absolute atomic E-state index is 11.9. The molecule has 0 aliphatic rings. The number of thiophene rings is 1. The maximum atomic E-state index is 11.9. The van der Waals surface area contributed by atoms with Gasteiger partial charge < -0.3 is 10.1 Å². The second-order valence-corrected chi connectivity index (χ2v) is 5.17. The Morgan fingerprint density at radius 1 is 1.30 bits per heavy atom. The molecule has 0 aliphatic heterocycles. The molecule has 104 valence electrons. The fourth-order valence-corrected chi connectivity index (χ4v) is 2.40. The number of benzene rings is 1. The highest BCUT2D eigenvalue weighted by Crippen LogP contribution is 2.23. The van der Waals surface area contributed by atoms with E-state index >= 15 is 0 Å². The first-order valence-electron chi connectivity index (χ1n) is 6.08. The van der Waals surface area contributed by atoms with Crippen LogP contribution in [0.1, 0.15) is 16.6 Å². The van der Waals surface area contributed by atoms with E-state index in [4.69, 9.17) is 17.0 Å². The highest BCUT2D eigenvalue weighted by molar-refractivity contribution is 7.80. The normalized spacial score (nSPS) is 9.85. The summed E-state index contributed by atoms with van der Waals surface area (Å²) in [6.07, 6.45) is 0. The minimum absolute atomic E-state index is 0.216. The summed E-state index contributed by atoms with van der Waals surface area (Å²) in [5.74, 6) is 0.481. The van der Waals surface area contributed by atoms with Crippen LogP contribution < -0.4 is 15.4 Å². The number of para-hydroxylation sites is 2. The molecular formula is C14H14N2O2S2. The van der Waals surface area contributed by atoms with E-state index in [0.29, 0.717) is 17.2 Å². The lowest BCUT2D eigenvalue weighted by molar-refractivity contribution is 0.0981. The standard InChI is InChI=1S/C14H14N2O2S2/c1-2-18-11-7-4-3-6-10(11)15-14(19)16-13(17)12-8-5-9-20-12/h3-9H,2H2,1H3,(H2,15,16,17,19). The molecule has 0 atom stereocenters. The van der Waals surface area contributed by atoms with Crippen molar-refractivity contribution in [3.05, 3.63) is 46.7 Å². The Balaban J connectivity index is 2.00. The zero-order chi connectivity index (χ0) is 14.4. The molecule has 2 aromatic rings. The second-order valence-electron chi connectivity index (χ2n) is 3.81. The third-order valence-corrected chi connectivity index (χ3v) is 3.48. The monoisotopic (exact) mass is 306 g/mol. The first-order chi connectivity index (χ1) is 9.70. The molecule has 0 saturated carbocycles. The van der Waals surface area contributed by atoms with Crippen molar-refractivity contribution in [2.24, 2.45) is 0 Å². The molecule has 0 radical (unpaired) electrons. The van der Waals surface area contributed by atoms with Crippen molar-refractivity contribution in [3.63, 3.8) is 0 Å². The summed E-state index contributed by atoms with van der Waals surface area (Å²) in [7, 11) is 0. The average molecular weight is 306 g/mol. The Morgan fingerprint density at radius 2 is 2.10 bits per heavy atom. The van der Waals surface area contributed by atoms with Crippen molar-refractivity contribution in [2.75, 3.05) is 11.9 Å². The van der Waals surface area contributed by atoms with Crippen LogP contribution in [-0.2, 0) is 0 Å². The Bertz CT molecular complexity index is 597. The fourth-order valence-electron chi connectivity index (χ4n) is 1.58. The summed E-state index contributed by atoms with van der Waals surface area (Å²) in [5.41, 5.74) is 0.728. The maximum Gasteiger partial charge on any atom is 0.267 e. The van der Waals surface area contributed by atoms with Gasteiger partial charge in [0.25, 0.3) is 5.91 Å². The van der Waals surface area contributed by atoms with E-state index in [9.17, 15) is 4.79 Å². The van der Waals surface area contributed by atoms with Crippen molar-refractivity contribution in [1.29, 1.82) is 0 Å². The molecule has 0 spiro atoms. The van der Waals surface area contributed by atoms with Crippen LogP contribution in [-0.4, -0.2) is 17.6 Å². The van der Waals surface area contributed by atoms with Gasteiger partial charge in [-0.3, -0.25) is 10.1 Å². The Kier molecular flexibility index (Phi) is 5.09. The van der Waals surface area contributed by atoms with Crippen LogP contribution in [0.2, 0.25) is 0 Å². The molecule has 4 nitrogen and oxygen atoms in total. The van der Waals surface area contributed by atoms with E-state index < -0.39 is 0 Å². The lowest BCUT2D eigenvalue weighted by atomic mass is 10.3. The minimum Gasteiger partial charge on any atom is -0.492 e. The molecule has 1 amide bonds. The molecule has 0 saturated heterocycles. The highest BCUT2D eigenvalue weighted by Gasteiger charge is 2.10. The van der Waals surface area contributed by atoms with Crippen molar-refractivity contribution in [1.82, 2.24) is 5.32 Å². The van der Waals surface area contributed by atoms with E-state index in [0.717, 1.165) is 5.69 Å². The van der Waals surface area contributed by atoms with Gasteiger partial charge in [-0.15, -0.1) is 11.3 Å². The largest absolute Gasteiger partial charge is 0.492 e. The predicted molar refractivity (Wildman–Crippen MR) is 85.6 cm³/mol. The molecular weight excluding hydrogens is 292 g/mol. The molecule has 20 heavy (non-hydrogen) atoms. The van der Waals surface area contributed by atoms with E-state index in [2.05, 4.69) is 10.6 Å². The Morgan fingerprint density at radius 3 is 2.80 bits per heavy atom. The number of amides is 1. The van der Waals surface area contributed by atoms with Gasteiger partial charge in [0.15, 0.2) is 5.11 Å². The van der Waals surface area contributed by atoms with Crippen molar-refractivity contribution >= 4 is 40.3 Å². The second kappa shape index (κ2) is 7.02. The quantitative estimate of drug-likeness (QED) is 0.851. The molecule has 0 bridgehead atoms. The molecule has 0 unspecified atom stereocenters. The number of carbonyl (C=O) groups excluding carboxylic acids is 1. The average Bonchev–Trinajstić information content (AvgIpc) is 2.95. The summed E-state index contributed by atoms with van der Waals surface area (Å²) >= 11 is 6.50. The number of ether oxygens (including phenoxy) is 1. The summed E-state index contributed by atoms with van der Waals surface area (Å²) in [6, 6.07) is 11.0. The van der Waals surface area contributed by atoms with Gasteiger partial charge in [0.05, 0.1) is 17.2 Å². The Hall–Kier alpha value is -1.92. The van der Waals surface area contributed by atoms with Crippen molar-refractivity contribution < 1.29 is 9.53 Å². The molecule has 1 aromatic carbocycles. The van der Waals surface area contributed by atoms with Crippen LogP contribution in [0.25, 0.3) is 0 Å². The zero-order valence-electron chi connectivity index (χ0n) is 10.9. The third-order valence-electron chi connectivity index (χ3n) is 2.41. The van der Waals surface area contributed by atoms with Crippen LogP contribution in [0.5, 0.6) is 5.75 Å². The molecule has 0 fully saturated rings. The lowest BCUT2D eigenvalue weighted by Crippen LogP contribution is -2.33. The SMILES string of the molecule is CCOc1ccccc1NC(=S)NC(=O)c1cccs1. The molecule has 2 N–H and O–H groups in total. The zero-order valence-corrected chi connectivity index (χ0v) is 12.5. The van der Waals surface area contributed by atoms with E-state index in [1.807, 2.05) is 42.6 Å². The highest BCUT2D eigenvalue weighted by atomic mass is 32.1. The number of hydrogen-bond acceptors (Lipinski definition) is 4. The van der Waals surface area contributed by atoms with Crippen LogP contribution >= 0.6 is 23.6 Å². The summed E-state index contributed by atoms with van der Waals surface area (Å²) < 4.78 is 5.48. The van der Waals surface area contributed by atoms with Crippen molar-refractivity contribution in [3.8, 4) is 5.75 Å². The smallest absolute Gasteiger partial charge is 0.267 e. The van der Waals surface area contributed by atoms with Gasteiger partial charge >= 0.3 is 0 Å². The topological polar surface area (TPSA) is 50.4 Å². The molecule has 1 heterocycles. The first-order valence-corrected chi connectivity index (χ1v) is 7.37. The van der Waals surface area contributed by atoms with Gasteiger partial charge in [-0.25, -0.2) is 0 Å². The number of rotatable bonds is 4. The predicted octanol–water partition coefficient (Wildman–Crippen LogP) is 3.27. The van der Waals surface area contributed by atoms with Gasteiger partial charge in [-0.1, -0.05) is 18.2 Å². The fraction of sp³-hybridized carbons (Fsp3) is 0.143. The number of carbonyl (C=O) groups is 1. The number of hydrogen-bond donors (Lipinski definition) is 2. The number of anilines is 1. The molecule has 2 rings (SSSR count). The first kappa shape index (κ1) is 14.5. The lowest BCUT2D eigenvalue weighted by Gasteiger charge is -2.13. The number of thiocarbonyl (C=S) groups is 1. The minimum atomic E-state index is -0.216. The van der Waals surface area contributed by atoms with Crippen LogP contribution in [0.4, 0.5) is 5.69 Å². The van der Waals surface area contributed by atoms with Crippen LogP contribution in [0, 0.1) is 0 Å². The van der Waals surface area contributed by atoms with Gasteiger partial charge in [-0.05, 0) is 42.7 Å².